The third-order valence-electron chi connectivity index (χ3n) is 3.83. The Morgan fingerprint density at radius 3 is 2.74 bits per heavy atom. The molecular formula is C15H21Br2NO. The molecule has 0 N–H and O–H groups in total. The van der Waals surface area contributed by atoms with Gasteiger partial charge in [-0.2, -0.15) is 0 Å². The highest BCUT2D eigenvalue weighted by molar-refractivity contribution is 9.10. The molecule has 2 rings (SSSR count). The van der Waals surface area contributed by atoms with Crippen molar-refractivity contribution >= 4 is 37.5 Å². The first kappa shape index (κ1) is 15.3. The van der Waals surface area contributed by atoms with E-state index in [9.17, 15) is 0 Å². The molecule has 0 amide bonds. The molecule has 0 aliphatic heterocycles. The third-order valence-corrected chi connectivity index (χ3v) is 4.93. The smallest absolute Gasteiger partial charge is 0.0637 e. The molecular weight excluding hydrogens is 370 g/mol. The largest absolute Gasteiger partial charge is 0.383 e. The van der Waals surface area contributed by atoms with Crippen molar-refractivity contribution in [2.24, 2.45) is 5.92 Å². The van der Waals surface area contributed by atoms with Gasteiger partial charge in [-0.25, -0.2) is 0 Å². The number of hydrogen-bond acceptors (Lipinski definition) is 2. The number of nitrogens with zero attached hydrogens (tertiary/aromatic N) is 1. The average Bonchev–Trinajstić information content (AvgIpc) is 3.23. The normalized spacial score (nSPS) is 16.4. The van der Waals surface area contributed by atoms with Gasteiger partial charge in [0.05, 0.1) is 6.61 Å². The van der Waals surface area contributed by atoms with E-state index >= 15 is 0 Å². The minimum atomic E-state index is 0.585. The van der Waals surface area contributed by atoms with Gasteiger partial charge in [0.15, 0.2) is 0 Å². The summed E-state index contributed by atoms with van der Waals surface area (Å²) in [5.41, 5.74) is 2.66. The Hall–Kier alpha value is -0.0600. The Morgan fingerprint density at radius 1 is 1.42 bits per heavy atom. The zero-order chi connectivity index (χ0) is 13.8. The quantitative estimate of drug-likeness (QED) is 0.631. The number of anilines is 1. The minimum absolute atomic E-state index is 0.585. The monoisotopic (exact) mass is 389 g/mol. The van der Waals surface area contributed by atoms with Crippen molar-refractivity contribution < 1.29 is 4.74 Å². The van der Waals surface area contributed by atoms with Crippen molar-refractivity contribution in [2.45, 2.75) is 31.1 Å². The van der Waals surface area contributed by atoms with Gasteiger partial charge < -0.3 is 9.64 Å². The lowest BCUT2D eigenvalue weighted by atomic mass is 10.1. The molecule has 1 unspecified atom stereocenters. The molecule has 1 aromatic rings. The van der Waals surface area contributed by atoms with E-state index in [1.54, 1.807) is 7.11 Å². The Balaban J connectivity index is 2.27. The summed E-state index contributed by atoms with van der Waals surface area (Å²) in [6.45, 7) is 4.06. The molecule has 0 spiro atoms. The predicted molar refractivity (Wildman–Crippen MR) is 88.2 cm³/mol. The summed E-state index contributed by atoms with van der Waals surface area (Å²) in [4.78, 5) is 2.50. The van der Waals surface area contributed by atoms with Crippen molar-refractivity contribution in [1.82, 2.24) is 0 Å². The van der Waals surface area contributed by atoms with Gasteiger partial charge in [0.1, 0.15) is 0 Å². The van der Waals surface area contributed by atoms with E-state index in [4.69, 9.17) is 4.74 Å². The fraction of sp³-hybridized carbons (Fsp3) is 0.600. The van der Waals surface area contributed by atoms with Crippen LogP contribution in [-0.4, -0.2) is 26.3 Å². The van der Waals surface area contributed by atoms with E-state index in [0.29, 0.717) is 6.04 Å². The molecule has 0 heterocycles. The van der Waals surface area contributed by atoms with Crippen LogP contribution in [0.2, 0.25) is 0 Å². The highest BCUT2D eigenvalue weighted by Gasteiger charge is 2.32. The molecule has 2 nitrogen and oxygen atoms in total. The third kappa shape index (κ3) is 3.96. The summed E-state index contributed by atoms with van der Waals surface area (Å²) in [6, 6.07) is 7.11. The first-order valence-corrected chi connectivity index (χ1v) is 8.68. The zero-order valence-electron chi connectivity index (χ0n) is 11.5. The number of hydrogen-bond donors (Lipinski definition) is 0. The van der Waals surface area contributed by atoms with Crippen LogP contribution in [0, 0.1) is 5.92 Å². The maximum atomic E-state index is 5.28. The summed E-state index contributed by atoms with van der Waals surface area (Å²) in [5, 5.41) is 0.885. The van der Waals surface area contributed by atoms with Crippen molar-refractivity contribution in [3.63, 3.8) is 0 Å². The lowest BCUT2D eigenvalue weighted by Gasteiger charge is -2.33. The van der Waals surface area contributed by atoms with Gasteiger partial charge in [-0.15, -0.1) is 0 Å². The van der Waals surface area contributed by atoms with Gasteiger partial charge in [-0.05, 0) is 43.4 Å². The molecule has 106 valence electrons. The Labute approximate surface area is 132 Å². The number of rotatable bonds is 7. The van der Waals surface area contributed by atoms with Crippen LogP contribution in [0.4, 0.5) is 5.69 Å². The van der Waals surface area contributed by atoms with Crippen molar-refractivity contribution in [2.75, 3.05) is 25.2 Å². The molecule has 1 atom stereocenters. The highest BCUT2D eigenvalue weighted by atomic mass is 79.9. The van der Waals surface area contributed by atoms with Crippen LogP contribution < -0.4 is 4.90 Å². The number of ether oxygens (including phenoxy) is 1. The fourth-order valence-electron chi connectivity index (χ4n) is 2.48. The first-order valence-electron chi connectivity index (χ1n) is 6.77. The van der Waals surface area contributed by atoms with Gasteiger partial charge >= 0.3 is 0 Å². The number of methoxy groups -OCH3 is 1. The minimum Gasteiger partial charge on any atom is -0.383 e. The van der Waals surface area contributed by atoms with Crippen LogP contribution in [0.1, 0.15) is 25.3 Å². The lowest BCUT2D eigenvalue weighted by molar-refractivity contribution is 0.202. The molecule has 0 saturated heterocycles. The summed E-state index contributed by atoms with van der Waals surface area (Å²) >= 11 is 7.19. The van der Waals surface area contributed by atoms with Crippen molar-refractivity contribution in [1.29, 1.82) is 0 Å². The maximum Gasteiger partial charge on any atom is 0.0637 e. The zero-order valence-corrected chi connectivity index (χ0v) is 14.7. The van der Waals surface area contributed by atoms with Gasteiger partial charge in [-0.1, -0.05) is 37.9 Å². The number of halogens is 2. The lowest BCUT2D eigenvalue weighted by Crippen LogP contribution is -2.37. The second-order valence-electron chi connectivity index (χ2n) is 5.17. The molecule has 1 saturated carbocycles. The second kappa shape index (κ2) is 7.09. The standard InChI is InChI=1S/C15H21Br2NO/c1-11(12-3-4-12)18(7-8-19-2)15-9-14(17)6-5-13(15)10-16/h5-6,9,11-12H,3-4,7-8,10H2,1-2H3. The molecule has 4 heteroatoms. The van der Waals surface area contributed by atoms with Crippen LogP contribution in [0.15, 0.2) is 22.7 Å². The van der Waals surface area contributed by atoms with Gasteiger partial charge in [0.25, 0.3) is 0 Å². The number of benzene rings is 1. The predicted octanol–water partition coefficient (Wildman–Crippen LogP) is 4.60. The average molecular weight is 391 g/mol. The SMILES string of the molecule is COCCN(c1cc(Br)ccc1CBr)C(C)C1CC1. The van der Waals surface area contributed by atoms with Crippen LogP contribution in [0.3, 0.4) is 0 Å². The van der Waals surface area contributed by atoms with Crippen molar-refractivity contribution in [3.8, 4) is 0 Å². The van der Waals surface area contributed by atoms with Crippen LogP contribution in [0.5, 0.6) is 0 Å². The van der Waals surface area contributed by atoms with E-state index in [1.165, 1.54) is 24.1 Å². The van der Waals surface area contributed by atoms with E-state index in [2.05, 4.69) is 61.9 Å². The molecule has 0 bridgehead atoms. The number of alkyl halides is 1. The maximum absolute atomic E-state index is 5.28. The highest BCUT2D eigenvalue weighted by Crippen LogP contribution is 2.38. The first-order chi connectivity index (χ1) is 9.17. The molecule has 1 fully saturated rings. The Morgan fingerprint density at radius 2 is 2.16 bits per heavy atom. The Bertz CT molecular complexity index is 421. The molecule has 19 heavy (non-hydrogen) atoms. The molecule has 1 aliphatic rings. The summed E-state index contributed by atoms with van der Waals surface area (Å²) < 4.78 is 6.42. The van der Waals surface area contributed by atoms with E-state index in [1.807, 2.05) is 0 Å². The van der Waals surface area contributed by atoms with E-state index < -0.39 is 0 Å². The summed E-state index contributed by atoms with van der Waals surface area (Å²) in [5.74, 6) is 0.846. The second-order valence-corrected chi connectivity index (χ2v) is 6.65. The summed E-state index contributed by atoms with van der Waals surface area (Å²) in [7, 11) is 1.77. The van der Waals surface area contributed by atoms with E-state index in [-0.39, 0.29) is 0 Å². The topological polar surface area (TPSA) is 12.5 Å². The fourth-order valence-corrected chi connectivity index (χ4v) is 3.31. The van der Waals surface area contributed by atoms with Crippen LogP contribution in [0.25, 0.3) is 0 Å². The van der Waals surface area contributed by atoms with Crippen molar-refractivity contribution in [3.05, 3.63) is 28.2 Å². The van der Waals surface area contributed by atoms with Crippen LogP contribution >= 0.6 is 31.9 Å². The van der Waals surface area contributed by atoms with Gasteiger partial charge in [0, 0.05) is 35.2 Å². The molecule has 1 aliphatic carbocycles. The molecule has 0 radical (unpaired) electrons. The van der Waals surface area contributed by atoms with Crippen LogP contribution in [-0.2, 0) is 10.1 Å². The Kier molecular flexibility index (Phi) is 5.72. The van der Waals surface area contributed by atoms with E-state index in [0.717, 1.165) is 28.9 Å². The van der Waals surface area contributed by atoms with Gasteiger partial charge in [0.2, 0.25) is 0 Å². The summed E-state index contributed by atoms with van der Waals surface area (Å²) in [6.07, 6.45) is 2.73. The molecule has 1 aromatic carbocycles. The van der Waals surface area contributed by atoms with Gasteiger partial charge in [-0.3, -0.25) is 0 Å². The molecule has 0 aromatic heterocycles.